The van der Waals surface area contributed by atoms with Gasteiger partial charge in [-0.15, -0.1) is 0 Å². The molecule has 1 aliphatic heterocycles. The Balaban J connectivity index is 2.05. The number of benzene rings is 1. The van der Waals surface area contributed by atoms with Crippen LogP contribution >= 0.6 is 0 Å². The van der Waals surface area contributed by atoms with E-state index in [2.05, 4.69) is 0 Å². The van der Waals surface area contributed by atoms with Gasteiger partial charge in [-0.25, -0.2) is 4.90 Å². The van der Waals surface area contributed by atoms with E-state index in [-0.39, 0.29) is 18.2 Å². The average molecular weight is 255 g/mol. The van der Waals surface area contributed by atoms with Crippen molar-refractivity contribution in [3.63, 3.8) is 0 Å². The molecule has 1 saturated carbocycles. The lowest BCUT2D eigenvalue weighted by Crippen LogP contribution is -2.44. The van der Waals surface area contributed by atoms with E-state index < -0.39 is 5.41 Å². The van der Waals surface area contributed by atoms with Crippen molar-refractivity contribution in [1.82, 2.24) is 0 Å². The van der Waals surface area contributed by atoms with Gasteiger partial charge >= 0.3 is 0 Å². The number of amides is 2. The van der Waals surface area contributed by atoms with Crippen LogP contribution in [0.3, 0.4) is 0 Å². The van der Waals surface area contributed by atoms with E-state index in [4.69, 9.17) is 11.0 Å². The summed E-state index contributed by atoms with van der Waals surface area (Å²) < 4.78 is 0. The number of anilines is 2. The summed E-state index contributed by atoms with van der Waals surface area (Å²) in [5.41, 5.74) is 6.83. The lowest BCUT2D eigenvalue weighted by atomic mass is 9.98. The van der Waals surface area contributed by atoms with Gasteiger partial charge in [0, 0.05) is 12.1 Å². The Bertz CT molecular complexity index is 626. The van der Waals surface area contributed by atoms with E-state index in [0.29, 0.717) is 30.6 Å². The fourth-order valence-corrected chi connectivity index (χ4v) is 2.45. The second kappa shape index (κ2) is 3.82. The Morgan fingerprint density at radius 1 is 1.37 bits per heavy atom. The predicted octanol–water partition coefficient (Wildman–Crippen LogP) is 1.38. The van der Waals surface area contributed by atoms with Gasteiger partial charge in [-0.2, -0.15) is 5.26 Å². The third kappa shape index (κ3) is 1.68. The molecule has 1 heterocycles. The standard InChI is InChI=1S/C14H13N3O2/c15-8-14(5-6-14)13(19)17-11-3-2-10(16)7-9(11)1-4-12(17)18/h2-3,7H,1,4-6,16H2. The van der Waals surface area contributed by atoms with Gasteiger partial charge in [0.05, 0.1) is 11.8 Å². The van der Waals surface area contributed by atoms with Crippen LogP contribution < -0.4 is 10.6 Å². The lowest BCUT2D eigenvalue weighted by Gasteiger charge is -2.29. The molecule has 1 aromatic rings. The molecule has 0 bridgehead atoms. The number of hydrogen-bond acceptors (Lipinski definition) is 4. The molecule has 5 heteroatoms. The first-order chi connectivity index (χ1) is 9.07. The normalized spacial score (nSPS) is 19.5. The quantitative estimate of drug-likeness (QED) is 0.606. The number of nitrogens with two attached hydrogens (primary N) is 1. The minimum atomic E-state index is -0.980. The fraction of sp³-hybridized carbons (Fsp3) is 0.357. The number of carbonyl (C=O) groups is 2. The number of nitriles is 1. The van der Waals surface area contributed by atoms with Crippen LogP contribution in [-0.2, 0) is 16.0 Å². The van der Waals surface area contributed by atoms with Crippen molar-refractivity contribution in [2.24, 2.45) is 5.41 Å². The highest BCUT2D eigenvalue weighted by Gasteiger charge is 2.54. The number of nitrogen functional groups attached to an aromatic ring is 1. The number of fused-ring (bicyclic) bond motifs is 1. The maximum atomic E-state index is 12.4. The van der Waals surface area contributed by atoms with Crippen molar-refractivity contribution in [3.8, 4) is 6.07 Å². The zero-order valence-corrected chi connectivity index (χ0v) is 10.3. The Kier molecular flexibility index (Phi) is 2.36. The number of rotatable bonds is 1. The Morgan fingerprint density at radius 3 is 2.74 bits per heavy atom. The molecule has 96 valence electrons. The number of nitrogens with zero attached hydrogens (tertiary/aromatic N) is 2. The maximum Gasteiger partial charge on any atom is 0.254 e. The largest absolute Gasteiger partial charge is 0.399 e. The summed E-state index contributed by atoms with van der Waals surface area (Å²) in [5.74, 6) is -0.616. The zero-order valence-electron chi connectivity index (χ0n) is 10.3. The topological polar surface area (TPSA) is 87.2 Å². The molecule has 2 amide bonds. The molecule has 1 aliphatic carbocycles. The fourth-order valence-electron chi connectivity index (χ4n) is 2.45. The van der Waals surface area contributed by atoms with Crippen molar-refractivity contribution < 1.29 is 9.59 Å². The molecule has 2 aliphatic rings. The molecule has 0 saturated heterocycles. The van der Waals surface area contributed by atoms with Crippen molar-refractivity contribution >= 4 is 23.2 Å². The zero-order chi connectivity index (χ0) is 13.6. The molecule has 3 rings (SSSR count). The van der Waals surface area contributed by atoms with E-state index in [9.17, 15) is 9.59 Å². The molecular weight excluding hydrogens is 242 g/mol. The lowest BCUT2D eigenvalue weighted by molar-refractivity contribution is -0.128. The highest BCUT2D eigenvalue weighted by Crippen LogP contribution is 2.48. The molecule has 1 aromatic carbocycles. The summed E-state index contributed by atoms with van der Waals surface area (Å²) in [6, 6.07) is 7.19. The Hall–Kier alpha value is -2.35. The Morgan fingerprint density at radius 2 is 2.11 bits per heavy atom. The highest BCUT2D eigenvalue weighted by molar-refractivity contribution is 6.19. The Labute approximate surface area is 110 Å². The number of aryl methyl sites for hydroxylation is 1. The molecule has 0 atom stereocenters. The third-order valence-electron chi connectivity index (χ3n) is 3.78. The van der Waals surface area contributed by atoms with Crippen LogP contribution in [0.15, 0.2) is 18.2 Å². The summed E-state index contributed by atoms with van der Waals surface area (Å²) in [6.07, 6.45) is 1.94. The van der Waals surface area contributed by atoms with Gasteiger partial charge in [-0.3, -0.25) is 9.59 Å². The van der Waals surface area contributed by atoms with E-state index in [0.717, 1.165) is 5.56 Å². The van der Waals surface area contributed by atoms with Gasteiger partial charge in [0.2, 0.25) is 5.91 Å². The van der Waals surface area contributed by atoms with Crippen LogP contribution in [0.4, 0.5) is 11.4 Å². The van der Waals surface area contributed by atoms with Gasteiger partial charge in [0.15, 0.2) is 0 Å². The van der Waals surface area contributed by atoms with Gasteiger partial charge < -0.3 is 5.73 Å². The smallest absolute Gasteiger partial charge is 0.254 e. The van der Waals surface area contributed by atoms with Gasteiger partial charge in [-0.1, -0.05) is 0 Å². The minimum absolute atomic E-state index is 0.233. The number of carbonyl (C=O) groups excluding carboxylic acids is 2. The summed E-state index contributed by atoms with van der Waals surface area (Å²) >= 11 is 0. The van der Waals surface area contributed by atoms with Crippen molar-refractivity contribution in [1.29, 1.82) is 5.26 Å². The van der Waals surface area contributed by atoms with Gasteiger partial charge in [0.1, 0.15) is 5.41 Å². The summed E-state index contributed by atoms with van der Waals surface area (Å²) in [7, 11) is 0. The van der Waals surface area contributed by atoms with Crippen molar-refractivity contribution in [2.45, 2.75) is 25.7 Å². The second-order valence-corrected chi connectivity index (χ2v) is 5.12. The highest BCUT2D eigenvalue weighted by atomic mass is 16.2. The maximum absolute atomic E-state index is 12.4. The van der Waals surface area contributed by atoms with E-state index in [1.54, 1.807) is 18.2 Å². The molecule has 19 heavy (non-hydrogen) atoms. The first-order valence-electron chi connectivity index (χ1n) is 6.24. The van der Waals surface area contributed by atoms with E-state index in [1.807, 2.05) is 6.07 Å². The van der Waals surface area contributed by atoms with E-state index in [1.165, 1.54) is 4.90 Å². The average Bonchev–Trinajstić information content (AvgIpc) is 3.19. The minimum Gasteiger partial charge on any atom is -0.399 e. The van der Waals surface area contributed by atoms with Gasteiger partial charge in [0.25, 0.3) is 5.91 Å². The van der Waals surface area contributed by atoms with Gasteiger partial charge in [-0.05, 0) is 43.0 Å². The molecular formula is C14H13N3O2. The predicted molar refractivity (Wildman–Crippen MR) is 68.9 cm³/mol. The molecule has 0 unspecified atom stereocenters. The van der Waals surface area contributed by atoms with Crippen LogP contribution in [0, 0.1) is 16.7 Å². The van der Waals surface area contributed by atoms with Crippen LogP contribution in [0.1, 0.15) is 24.8 Å². The monoisotopic (exact) mass is 255 g/mol. The summed E-state index contributed by atoms with van der Waals surface area (Å²) in [5, 5.41) is 9.11. The third-order valence-corrected chi connectivity index (χ3v) is 3.78. The number of hydrogen-bond donors (Lipinski definition) is 1. The number of imide groups is 1. The van der Waals surface area contributed by atoms with Crippen LogP contribution in [0.25, 0.3) is 0 Å². The second-order valence-electron chi connectivity index (χ2n) is 5.12. The molecule has 1 fully saturated rings. The van der Waals surface area contributed by atoms with Crippen LogP contribution in [0.5, 0.6) is 0 Å². The van der Waals surface area contributed by atoms with E-state index >= 15 is 0 Å². The SMILES string of the molecule is N#CC1(C(=O)N2C(=O)CCc3cc(N)ccc32)CC1. The molecule has 0 aromatic heterocycles. The molecule has 5 nitrogen and oxygen atoms in total. The first-order valence-corrected chi connectivity index (χ1v) is 6.24. The van der Waals surface area contributed by atoms with Crippen molar-refractivity contribution in [3.05, 3.63) is 23.8 Å². The molecule has 0 radical (unpaired) electrons. The van der Waals surface area contributed by atoms with Crippen LogP contribution in [-0.4, -0.2) is 11.8 Å². The summed E-state index contributed by atoms with van der Waals surface area (Å²) in [6.45, 7) is 0. The summed E-state index contributed by atoms with van der Waals surface area (Å²) in [4.78, 5) is 25.6. The molecule has 0 spiro atoms. The first kappa shape index (κ1) is 11.7. The molecule has 2 N–H and O–H groups in total. The van der Waals surface area contributed by atoms with Crippen LogP contribution in [0.2, 0.25) is 0 Å². The van der Waals surface area contributed by atoms with Crippen molar-refractivity contribution in [2.75, 3.05) is 10.6 Å².